The lowest BCUT2D eigenvalue weighted by molar-refractivity contribution is -0.131. The van der Waals surface area contributed by atoms with Gasteiger partial charge in [-0.1, -0.05) is 0 Å². The van der Waals surface area contributed by atoms with Gasteiger partial charge >= 0.3 is 0 Å². The number of likely N-dealkylation sites (tertiary alicyclic amines) is 1. The van der Waals surface area contributed by atoms with E-state index in [9.17, 15) is 14.4 Å². The Hall–Kier alpha value is -2.64. The van der Waals surface area contributed by atoms with E-state index in [1.165, 1.54) is 11.3 Å². The Balaban J connectivity index is 1.54. The minimum atomic E-state index is -0.245. The molecule has 2 aliphatic rings. The average molecular weight is 346 g/mol. The summed E-state index contributed by atoms with van der Waals surface area (Å²) in [5, 5.41) is 8.19. The second kappa shape index (κ2) is 7.50. The molecular weight excluding hydrogens is 324 g/mol. The van der Waals surface area contributed by atoms with Gasteiger partial charge in [0.15, 0.2) is 5.76 Å². The molecule has 1 aromatic rings. The number of hydrazone groups is 1. The van der Waals surface area contributed by atoms with Gasteiger partial charge in [0.05, 0.1) is 6.26 Å². The highest BCUT2D eigenvalue weighted by Crippen LogP contribution is 2.18. The lowest BCUT2D eigenvalue weighted by atomic mass is 9.97. The number of carbonyl (C=O) groups excluding carboxylic acids is 3. The molecule has 8 nitrogen and oxygen atoms in total. The fourth-order valence-electron chi connectivity index (χ4n) is 3.15. The van der Waals surface area contributed by atoms with E-state index >= 15 is 0 Å². The summed E-state index contributed by atoms with van der Waals surface area (Å²) in [5.74, 6) is 0.0496. The predicted octanol–water partition coefficient (Wildman–Crippen LogP) is 0.856. The molecule has 0 aliphatic carbocycles. The maximum Gasteiger partial charge on any atom is 0.286 e. The average Bonchev–Trinajstić information content (AvgIpc) is 3.16. The molecule has 1 N–H and O–H groups in total. The van der Waals surface area contributed by atoms with Gasteiger partial charge in [0.1, 0.15) is 5.71 Å². The highest BCUT2D eigenvalue weighted by Gasteiger charge is 2.29. The van der Waals surface area contributed by atoms with Crippen molar-refractivity contribution in [2.45, 2.75) is 25.7 Å². The molecule has 2 aliphatic heterocycles. The Labute approximate surface area is 145 Å². The van der Waals surface area contributed by atoms with Crippen LogP contribution in [0, 0.1) is 5.92 Å². The van der Waals surface area contributed by atoms with Crippen molar-refractivity contribution in [3.8, 4) is 0 Å². The largest absolute Gasteiger partial charge is 0.459 e. The molecule has 1 atom stereocenters. The lowest BCUT2D eigenvalue weighted by Gasteiger charge is -2.33. The monoisotopic (exact) mass is 346 g/mol. The maximum atomic E-state index is 12.6. The summed E-state index contributed by atoms with van der Waals surface area (Å²) in [5.41, 5.74) is 0.433. The molecule has 8 heteroatoms. The number of nitrogens with zero attached hydrogens (tertiary/aromatic N) is 3. The second-order valence-corrected chi connectivity index (χ2v) is 6.41. The Morgan fingerprint density at radius 1 is 1.40 bits per heavy atom. The van der Waals surface area contributed by atoms with Crippen molar-refractivity contribution in [3.05, 3.63) is 24.2 Å². The number of piperidine rings is 1. The molecule has 3 amide bonds. The van der Waals surface area contributed by atoms with Crippen LogP contribution in [0.5, 0.6) is 0 Å². The Bertz CT molecular complexity index is 683. The molecule has 0 radical (unpaired) electrons. The van der Waals surface area contributed by atoms with Crippen LogP contribution in [0.4, 0.5) is 0 Å². The third kappa shape index (κ3) is 4.07. The van der Waals surface area contributed by atoms with Gasteiger partial charge in [-0.2, -0.15) is 5.10 Å². The summed E-state index contributed by atoms with van der Waals surface area (Å²) in [7, 11) is 1.57. The first kappa shape index (κ1) is 17.2. The van der Waals surface area contributed by atoms with Gasteiger partial charge in [-0.05, 0) is 30.9 Å². The summed E-state index contributed by atoms with van der Waals surface area (Å²) in [4.78, 5) is 37.8. The normalized spacial score (nSPS) is 21.1. The van der Waals surface area contributed by atoms with Crippen LogP contribution in [0.3, 0.4) is 0 Å². The van der Waals surface area contributed by atoms with Crippen molar-refractivity contribution in [1.82, 2.24) is 15.2 Å². The number of rotatable bonds is 4. The van der Waals surface area contributed by atoms with E-state index in [2.05, 4.69) is 10.4 Å². The molecular formula is C17H22N4O4. The van der Waals surface area contributed by atoms with E-state index in [-0.39, 0.29) is 29.4 Å². The molecule has 3 rings (SSSR count). The van der Waals surface area contributed by atoms with Crippen molar-refractivity contribution in [2.75, 3.05) is 26.7 Å². The quantitative estimate of drug-likeness (QED) is 0.874. The lowest BCUT2D eigenvalue weighted by Crippen LogP contribution is -2.47. The fourth-order valence-corrected chi connectivity index (χ4v) is 3.15. The highest BCUT2D eigenvalue weighted by atomic mass is 16.3. The minimum absolute atomic E-state index is 0.0753. The van der Waals surface area contributed by atoms with Crippen LogP contribution in [0.15, 0.2) is 27.9 Å². The molecule has 1 fully saturated rings. The zero-order chi connectivity index (χ0) is 17.8. The molecule has 0 bridgehead atoms. The highest BCUT2D eigenvalue weighted by molar-refractivity contribution is 6.39. The van der Waals surface area contributed by atoms with Gasteiger partial charge < -0.3 is 14.6 Å². The standard InChI is InChI=1S/C17H22N4O4/c1-20-15(22)7-6-13(19-20)17(24)21-8-2-4-12(11-21)10-18-16(23)14-5-3-9-25-14/h3,5,9,12H,2,4,6-8,10-11H2,1H3,(H,18,23). The predicted molar refractivity (Wildman–Crippen MR) is 89.8 cm³/mol. The molecule has 0 aromatic carbocycles. The summed E-state index contributed by atoms with van der Waals surface area (Å²) >= 11 is 0. The van der Waals surface area contributed by atoms with E-state index in [4.69, 9.17) is 4.42 Å². The van der Waals surface area contributed by atoms with Crippen LogP contribution in [0.1, 0.15) is 36.2 Å². The SMILES string of the molecule is CN1N=C(C(=O)N2CCCC(CNC(=O)c3ccco3)C2)CCC1=O. The van der Waals surface area contributed by atoms with Gasteiger partial charge in [0.25, 0.3) is 11.8 Å². The van der Waals surface area contributed by atoms with E-state index in [0.717, 1.165) is 12.8 Å². The third-order valence-corrected chi connectivity index (χ3v) is 4.56. The van der Waals surface area contributed by atoms with E-state index in [1.54, 1.807) is 24.1 Å². The van der Waals surface area contributed by atoms with Crippen LogP contribution in [0.2, 0.25) is 0 Å². The van der Waals surface area contributed by atoms with Gasteiger partial charge in [-0.25, -0.2) is 5.01 Å². The number of carbonyl (C=O) groups is 3. The van der Waals surface area contributed by atoms with Gasteiger partial charge in [-0.3, -0.25) is 14.4 Å². The fraction of sp³-hybridized carbons (Fsp3) is 0.529. The third-order valence-electron chi connectivity index (χ3n) is 4.56. The molecule has 1 aromatic heterocycles. The van der Waals surface area contributed by atoms with Gasteiger partial charge in [0, 0.05) is 39.5 Å². The molecule has 0 saturated carbocycles. The first-order valence-corrected chi connectivity index (χ1v) is 8.49. The summed E-state index contributed by atoms with van der Waals surface area (Å²) in [6.07, 6.45) is 4.00. The number of furan rings is 1. The number of nitrogens with one attached hydrogen (secondary N) is 1. The zero-order valence-corrected chi connectivity index (χ0v) is 14.2. The summed E-state index contributed by atoms with van der Waals surface area (Å²) in [6, 6.07) is 3.29. The van der Waals surface area contributed by atoms with E-state index < -0.39 is 0 Å². The van der Waals surface area contributed by atoms with Gasteiger partial charge in [0.2, 0.25) is 5.91 Å². The molecule has 1 saturated heterocycles. The second-order valence-electron chi connectivity index (χ2n) is 6.41. The van der Waals surface area contributed by atoms with Crippen molar-refractivity contribution in [3.63, 3.8) is 0 Å². The zero-order valence-electron chi connectivity index (χ0n) is 14.2. The summed E-state index contributed by atoms with van der Waals surface area (Å²) < 4.78 is 5.07. The molecule has 134 valence electrons. The van der Waals surface area contributed by atoms with Crippen molar-refractivity contribution in [1.29, 1.82) is 0 Å². The molecule has 1 unspecified atom stereocenters. The Morgan fingerprint density at radius 2 is 2.24 bits per heavy atom. The molecule has 25 heavy (non-hydrogen) atoms. The van der Waals surface area contributed by atoms with Crippen LogP contribution in [0.25, 0.3) is 0 Å². The van der Waals surface area contributed by atoms with Crippen LogP contribution in [-0.4, -0.2) is 60.0 Å². The van der Waals surface area contributed by atoms with Crippen molar-refractivity contribution < 1.29 is 18.8 Å². The number of hydrogen-bond acceptors (Lipinski definition) is 5. The van der Waals surface area contributed by atoms with Crippen LogP contribution >= 0.6 is 0 Å². The first-order valence-electron chi connectivity index (χ1n) is 8.49. The number of amides is 3. The minimum Gasteiger partial charge on any atom is -0.459 e. The first-order chi connectivity index (χ1) is 12.0. The van der Waals surface area contributed by atoms with Crippen molar-refractivity contribution in [2.24, 2.45) is 11.0 Å². The van der Waals surface area contributed by atoms with Crippen LogP contribution < -0.4 is 5.32 Å². The Kier molecular flexibility index (Phi) is 5.16. The Morgan fingerprint density at radius 3 is 2.96 bits per heavy atom. The van der Waals surface area contributed by atoms with Crippen molar-refractivity contribution >= 4 is 23.4 Å². The maximum absolute atomic E-state index is 12.6. The van der Waals surface area contributed by atoms with Gasteiger partial charge in [-0.15, -0.1) is 0 Å². The smallest absolute Gasteiger partial charge is 0.286 e. The summed E-state index contributed by atoms with van der Waals surface area (Å²) in [6.45, 7) is 1.75. The van der Waals surface area contributed by atoms with Crippen LogP contribution in [-0.2, 0) is 9.59 Å². The number of hydrogen-bond donors (Lipinski definition) is 1. The molecule has 3 heterocycles. The molecule has 0 spiro atoms. The topological polar surface area (TPSA) is 95.2 Å². The van der Waals surface area contributed by atoms with E-state index in [1.807, 2.05) is 0 Å². The van der Waals surface area contributed by atoms with E-state index in [0.29, 0.717) is 38.2 Å².